The van der Waals surface area contributed by atoms with E-state index in [2.05, 4.69) is 20.3 Å². The monoisotopic (exact) mass is 424 g/mol. The number of carbonyl (C=O) groups excluding carboxylic acids is 1. The Morgan fingerprint density at radius 3 is 2.50 bits per heavy atom. The van der Waals surface area contributed by atoms with Crippen molar-refractivity contribution in [2.75, 3.05) is 11.1 Å². The zero-order chi connectivity index (χ0) is 20.1. The minimum absolute atomic E-state index is 0.0242. The lowest BCUT2D eigenvalue weighted by molar-refractivity contribution is -0.113. The van der Waals surface area contributed by atoms with Crippen molar-refractivity contribution in [3.63, 3.8) is 0 Å². The van der Waals surface area contributed by atoms with Crippen LogP contribution in [0, 0.1) is 0 Å². The zero-order valence-corrected chi connectivity index (χ0v) is 16.2. The van der Waals surface area contributed by atoms with Gasteiger partial charge in [-0.25, -0.2) is 0 Å². The molecular formula is C18H15ClF2N4O2S. The first-order chi connectivity index (χ1) is 13.4. The van der Waals surface area contributed by atoms with Gasteiger partial charge in [0, 0.05) is 23.3 Å². The van der Waals surface area contributed by atoms with Gasteiger partial charge in [-0.1, -0.05) is 23.4 Å². The summed E-state index contributed by atoms with van der Waals surface area (Å²) in [6.45, 7) is -2.89. The normalized spacial score (nSPS) is 10.9. The van der Waals surface area contributed by atoms with Crippen LogP contribution in [0.3, 0.4) is 0 Å². The zero-order valence-electron chi connectivity index (χ0n) is 14.6. The van der Waals surface area contributed by atoms with E-state index in [1.54, 1.807) is 16.7 Å². The highest BCUT2D eigenvalue weighted by atomic mass is 35.5. The van der Waals surface area contributed by atoms with E-state index < -0.39 is 6.61 Å². The summed E-state index contributed by atoms with van der Waals surface area (Å²) in [6, 6.07) is 12.9. The minimum atomic E-state index is -2.89. The maximum atomic E-state index is 12.1. The Morgan fingerprint density at radius 2 is 1.86 bits per heavy atom. The van der Waals surface area contributed by atoms with Gasteiger partial charge in [0.05, 0.1) is 5.75 Å². The van der Waals surface area contributed by atoms with Gasteiger partial charge >= 0.3 is 6.61 Å². The fraction of sp³-hybridized carbons (Fsp3) is 0.167. The van der Waals surface area contributed by atoms with E-state index in [4.69, 9.17) is 11.6 Å². The Hall–Kier alpha value is -2.65. The van der Waals surface area contributed by atoms with Crippen LogP contribution in [0.5, 0.6) is 5.75 Å². The largest absolute Gasteiger partial charge is 0.435 e. The second kappa shape index (κ2) is 9.03. The molecule has 0 aliphatic heterocycles. The van der Waals surface area contributed by atoms with Crippen LogP contribution in [-0.2, 0) is 11.8 Å². The van der Waals surface area contributed by atoms with Crippen LogP contribution in [0.15, 0.2) is 53.7 Å². The third-order valence-corrected chi connectivity index (χ3v) is 4.91. The molecule has 1 aromatic heterocycles. The molecule has 1 heterocycles. The molecule has 0 fully saturated rings. The van der Waals surface area contributed by atoms with E-state index in [1.165, 1.54) is 36.0 Å². The Balaban J connectivity index is 1.57. The molecule has 0 saturated carbocycles. The fourth-order valence-corrected chi connectivity index (χ4v) is 3.17. The molecule has 1 N–H and O–H groups in total. The lowest BCUT2D eigenvalue weighted by atomic mass is 10.2. The Morgan fingerprint density at radius 1 is 1.18 bits per heavy atom. The number of nitrogens with zero attached hydrogens (tertiary/aromatic N) is 3. The number of nitrogens with one attached hydrogen (secondary N) is 1. The number of aromatic nitrogens is 3. The summed E-state index contributed by atoms with van der Waals surface area (Å²) in [6.07, 6.45) is 0. The molecule has 6 nitrogen and oxygen atoms in total. The maximum Gasteiger partial charge on any atom is 0.387 e. The van der Waals surface area contributed by atoms with Gasteiger partial charge in [-0.2, -0.15) is 8.78 Å². The molecule has 0 aliphatic carbocycles. The highest BCUT2D eigenvalue weighted by molar-refractivity contribution is 7.99. The molecule has 0 atom stereocenters. The molecule has 0 unspecified atom stereocenters. The number of benzene rings is 2. The molecule has 28 heavy (non-hydrogen) atoms. The van der Waals surface area contributed by atoms with E-state index >= 15 is 0 Å². The van der Waals surface area contributed by atoms with Crippen LogP contribution in [0.2, 0.25) is 5.02 Å². The highest BCUT2D eigenvalue weighted by Gasteiger charge is 2.13. The molecule has 0 radical (unpaired) electrons. The molecule has 0 bridgehead atoms. The molecule has 0 spiro atoms. The Bertz CT molecular complexity index is 949. The second-order valence-corrected chi connectivity index (χ2v) is 6.99. The highest BCUT2D eigenvalue weighted by Crippen LogP contribution is 2.24. The quantitative estimate of drug-likeness (QED) is 0.567. The van der Waals surface area contributed by atoms with Crippen molar-refractivity contribution in [1.29, 1.82) is 0 Å². The van der Waals surface area contributed by atoms with E-state index in [-0.39, 0.29) is 17.4 Å². The van der Waals surface area contributed by atoms with Crippen LogP contribution >= 0.6 is 23.4 Å². The number of carbonyl (C=O) groups is 1. The van der Waals surface area contributed by atoms with Crippen molar-refractivity contribution in [3.05, 3.63) is 53.6 Å². The molecule has 2 aromatic carbocycles. The van der Waals surface area contributed by atoms with Crippen molar-refractivity contribution in [2.45, 2.75) is 11.8 Å². The topological polar surface area (TPSA) is 69.0 Å². The number of hydrogen-bond acceptors (Lipinski definition) is 5. The van der Waals surface area contributed by atoms with Gasteiger partial charge in [-0.05, 0) is 48.5 Å². The number of anilines is 1. The third kappa shape index (κ3) is 5.20. The number of thioether (sulfide) groups is 1. The standard InChI is InChI=1S/C18H15ClF2N4O2S/c1-25-16(11-2-4-12(19)5-3-11)23-24-18(25)28-10-15(26)22-13-6-8-14(9-7-13)27-17(20)21/h2-9,17H,10H2,1H3,(H,22,26). The molecular weight excluding hydrogens is 410 g/mol. The SMILES string of the molecule is Cn1c(SCC(=O)Nc2ccc(OC(F)F)cc2)nnc1-c1ccc(Cl)cc1. The average Bonchev–Trinajstić information content (AvgIpc) is 3.02. The minimum Gasteiger partial charge on any atom is -0.435 e. The summed E-state index contributed by atoms with van der Waals surface area (Å²) in [5, 5.41) is 12.2. The molecule has 0 aliphatic rings. The number of alkyl halides is 2. The Kier molecular flexibility index (Phi) is 6.48. The maximum absolute atomic E-state index is 12.1. The van der Waals surface area contributed by atoms with Crippen molar-refractivity contribution in [1.82, 2.24) is 14.8 Å². The number of ether oxygens (including phenoxy) is 1. The predicted octanol–water partition coefficient (Wildman–Crippen LogP) is 4.47. The number of halogens is 3. The molecule has 1 amide bonds. The molecule has 3 aromatic rings. The summed E-state index contributed by atoms with van der Waals surface area (Å²) >= 11 is 7.13. The van der Waals surface area contributed by atoms with E-state index in [1.807, 2.05) is 19.2 Å². The fourth-order valence-electron chi connectivity index (χ4n) is 2.34. The first kappa shape index (κ1) is 20.1. The first-order valence-corrected chi connectivity index (χ1v) is 9.41. The predicted molar refractivity (Wildman–Crippen MR) is 104 cm³/mol. The van der Waals surface area contributed by atoms with Gasteiger partial charge < -0.3 is 14.6 Å². The van der Waals surface area contributed by atoms with E-state index in [9.17, 15) is 13.6 Å². The average molecular weight is 425 g/mol. The summed E-state index contributed by atoms with van der Waals surface area (Å²) < 4.78 is 30.3. The van der Waals surface area contributed by atoms with Crippen LogP contribution in [0.4, 0.5) is 14.5 Å². The van der Waals surface area contributed by atoms with Crippen molar-refractivity contribution < 1.29 is 18.3 Å². The molecule has 0 saturated heterocycles. The summed E-state index contributed by atoms with van der Waals surface area (Å²) in [7, 11) is 1.81. The number of rotatable bonds is 7. The van der Waals surface area contributed by atoms with Gasteiger partial charge in [0.15, 0.2) is 11.0 Å². The smallest absolute Gasteiger partial charge is 0.387 e. The first-order valence-electron chi connectivity index (χ1n) is 8.05. The second-order valence-electron chi connectivity index (χ2n) is 5.61. The van der Waals surface area contributed by atoms with E-state index in [0.717, 1.165) is 5.56 Å². The lowest BCUT2D eigenvalue weighted by Crippen LogP contribution is -2.14. The molecule has 3 rings (SSSR count). The third-order valence-electron chi connectivity index (χ3n) is 3.63. The lowest BCUT2D eigenvalue weighted by Gasteiger charge is -2.07. The van der Waals surface area contributed by atoms with Gasteiger partial charge in [0.25, 0.3) is 0 Å². The van der Waals surface area contributed by atoms with Gasteiger partial charge in [-0.15, -0.1) is 10.2 Å². The van der Waals surface area contributed by atoms with Crippen LogP contribution < -0.4 is 10.1 Å². The van der Waals surface area contributed by atoms with Crippen LogP contribution in [0.1, 0.15) is 0 Å². The van der Waals surface area contributed by atoms with Gasteiger partial charge in [0.2, 0.25) is 5.91 Å². The summed E-state index contributed by atoms with van der Waals surface area (Å²) in [5.41, 5.74) is 1.34. The Labute approximate surface area is 168 Å². The number of amides is 1. The van der Waals surface area contributed by atoms with Crippen LogP contribution in [0.25, 0.3) is 11.4 Å². The molecule has 10 heteroatoms. The number of hydrogen-bond donors (Lipinski definition) is 1. The van der Waals surface area contributed by atoms with Crippen LogP contribution in [-0.4, -0.2) is 33.0 Å². The van der Waals surface area contributed by atoms with Gasteiger partial charge in [-0.3, -0.25) is 4.79 Å². The van der Waals surface area contributed by atoms with Crippen molar-refractivity contribution in [3.8, 4) is 17.1 Å². The van der Waals surface area contributed by atoms with Crippen molar-refractivity contribution >= 4 is 35.0 Å². The summed E-state index contributed by atoms with van der Waals surface area (Å²) in [5.74, 6) is 0.538. The summed E-state index contributed by atoms with van der Waals surface area (Å²) in [4.78, 5) is 12.1. The molecule has 146 valence electrons. The van der Waals surface area contributed by atoms with E-state index in [0.29, 0.717) is 21.7 Å². The van der Waals surface area contributed by atoms with Gasteiger partial charge in [0.1, 0.15) is 5.75 Å². The van der Waals surface area contributed by atoms with Crippen molar-refractivity contribution in [2.24, 2.45) is 7.05 Å².